The highest BCUT2D eigenvalue weighted by Gasteiger charge is 2.20. The van der Waals surface area contributed by atoms with E-state index in [0.29, 0.717) is 42.3 Å². The van der Waals surface area contributed by atoms with Crippen LogP contribution in [0.1, 0.15) is 37.6 Å². The summed E-state index contributed by atoms with van der Waals surface area (Å²) in [5.74, 6) is 0.0303. The molecule has 0 bridgehead atoms. The van der Waals surface area contributed by atoms with Gasteiger partial charge in [0.15, 0.2) is 6.10 Å². The van der Waals surface area contributed by atoms with Gasteiger partial charge in [-0.1, -0.05) is 17.3 Å². The lowest BCUT2D eigenvalue weighted by molar-refractivity contribution is -0.157. The van der Waals surface area contributed by atoms with Gasteiger partial charge in [0, 0.05) is 18.6 Å². The highest BCUT2D eigenvalue weighted by Crippen LogP contribution is 2.19. The molecule has 0 N–H and O–H groups in total. The van der Waals surface area contributed by atoms with E-state index >= 15 is 0 Å². The Morgan fingerprint density at radius 3 is 3.04 bits per heavy atom. The number of esters is 1. The van der Waals surface area contributed by atoms with Crippen LogP contribution in [-0.2, 0) is 25.4 Å². The molecule has 2 aromatic rings. The molecule has 1 aromatic carbocycles. The van der Waals surface area contributed by atoms with E-state index < -0.39 is 12.1 Å². The number of aromatic nitrogens is 2. The fourth-order valence-corrected chi connectivity index (χ4v) is 2.81. The van der Waals surface area contributed by atoms with Crippen LogP contribution in [0.4, 0.5) is 4.39 Å². The zero-order chi connectivity index (χ0) is 19.9. The first-order chi connectivity index (χ1) is 13.5. The van der Waals surface area contributed by atoms with E-state index in [2.05, 4.69) is 10.1 Å². The normalized spacial score (nSPS) is 17.6. The Kier molecular flexibility index (Phi) is 7.11. The lowest BCUT2D eigenvalue weighted by atomic mass is 10.1. The maximum Gasteiger partial charge on any atom is 0.334 e. The quantitative estimate of drug-likeness (QED) is 0.478. The summed E-state index contributed by atoms with van der Waals surface area (Å²) in [4.78, 5) is 16.2. The van der Waals surface area contributed by atoms with Crippen molar-refractivity contribution in [1.82, 2.24) is 10.1 Å². The zero-order valence-electron chi connectivity index (χ0n) is 16.2. The first-order valence-electron chi connectivity index (χ1n) is 9.52. The van der Waals surface area contributed by atoms with Gasteiger partial charge in [0.25, 0.3) is 0 Å². The van der Waals surface area contributed by atoms with E-state index in [-0.39, 0.29) is 18.5 Å². The molecular formula is C20H25FN2O5. The summed E-state index contributed by atoms with van der Waals surface area (Å²) in [6, 6.07) is 4.79. The Hall–Kier alpha value is -2.32. The average molecular weight is 392 g/mol. The molecule has 0 aliphatic carbocycles. The maximum absolute atomic E-state index is 13.7. The van der Waals surface area contributed by atoms with Crippen molar-refractivity contribution in [3.63, 3.8) is 0 Å². The molecule has 1 fully saturated rings. The van der Waals surface area contributed by atoms with E-state index in [0.717, 1.165) is 19.4 Å². The fraction of sp³-hybridized carbons (Fsp3) is 0.550. The Morgan fingerprint density at radius 2 is 2.29 bits per heavy atom. The van der Waals surface area contributed by atoms with Crippen molar-refractivity contribution in [2.75, 3.05) is 19.8 Å². The van der Waals surface area contributed by atoms with E-state index in [4.69, 9.17) is 18.7 Å². The van der Waals surface area contributed by atoms with E-state index in [9.17, 15) is 9.18 Å². The minimum absolute atomic E-state index is 0.0731. The Labute approximate surface area is 163 Å². The molecule has 2 atom stereocenters. The predicted molar refractivity (Wildman–Crippen MR) is 98.1 cm³/mol. The number of benzene rings is 1. The van der Waals surface area contributed by atoms with Gasteiger partial charge in [-0.05, 0) is 44.7 Å². The van der Waals surface area contributed by atoms with Crippen LogP contribution >= 0.6 is 0 Å². The second kappa shape index (κ2) is 9.75. The van der Waals surface area contributed by atoms with Gasteiger partial charge in [0.1, 0.15) is 5.82 Å². The molecule has 1 aliphatic heterocycles. The van der Waals surface area contributed by atoms with Crippen LogP contribution in [0.15, 0.2) is 22.7 Å². The molecule has 0 radical (unpaired) electrons. The first kappa shape index (κ1) is 20.4. The molecule has 1 saturated heterocycles. The summed E-state index contributed by atoms with van der Waals surface area (Å²) in [6.45, 7) is 4.74. The average Bonchev–Trinajstić information content (AvgIpc) is 3.37. The maximum atomic E-state index is 13.7. The lowest BCUT2D eigenvalue weighted by Crippen LogP contribution is -2.27. The van der Waals surface area contributed by atoms with Gasteiger partial charge in [-0.25, -0.2) is 9.18 Å². The standard InChI is InChI=1S/C20H25FN2O5/c1-13-7-8-15(11-17(13)21)19-22-18(28-23-19)6-4-10-26-20(24)14(2)27-12-16-5-3-9-25-16/h7-8,11,14,16H,3-6,9-10,12H2,1-2H3. The van der Waals surface area contributed by atoms with Gasteiger partial charge in [-0.2, -0.15) is 4.98 Å². The molecule has 0 amide bonds. The monoisotopic (exact) mass is 392 g/mol. The van der Waals surface area contributed by atoms with Crippen molar-refractivity contribution in [2.24, 2.45) is 0 Å². The van der Waals surface area contributed by atoms with Crippen molar-refractivity contribution >= 4 is 5.97 Å². The highest BCUT2D eigenvalue weighted by atomic mass is 19.1. The van der Waals surface area contributed by atoms with Crippen molar-refractivity contribution in [3.8, 4) is 11.4 Å². The summed E-state index contributed by atoms with van der Waals surface area (Å²) in [5, 5.41) is 3.87. The summed E-state index contributed by atoms with van der Waals surface area (Å²) in [6.07, 6.45) is 2.43. The van der Waals surface area contributed by atoms with Crippen LogP contribution in [0.2, 0.25) is 0 Å². The third-order valence-corrected chi connectivity index (χ3v) is 4.57. The number of carbonyl (C=O) groups excluding carboxylic acids is 1. The number of halogens is 1. The number of carbonyl (C=O) groups is 1. The Balaban J connectivity index is 1.37. The van der Waals surface area contributed by atoms with E-state index in [1.165, 1.54) is 6.07 Å². The van der Waals surface area contributed by atoms with E-state index in [1.807, 2.05) is 0 Å². The molecule has 0 spiro atoms. The molecule has 152 valence electrons. The van der Waals surface area contributed by atoms with Gasteiger partial charge in [-0.15, -0.1) is 0 Å². The smallest absolute Gasteiger partial charge is 0.334 e. The third-order valence-electron chi connectivity index (χ3n) is 4.57. The van der Waals surface area contributed by atoms with Crippen LogP contribution < -0.4 is 0 Å². The number of hydrogen-bond acceptors (Lipinski definition) is 7. The number of aryl methyl sites for hydroxylation is 2. The molecule has 1 aliphatic rings. The van der Waals surface area contributed by atoms with Gasteiger partial charge in [0.05, 0.1) is 19.3 Å². The number of hydrogen-bond donors (Lipinski definition) is 0. The molecule has 28 heavy (non-hydrogen) atoms. The van der Waals surface area contributed by atoms with Crippen molar-refractivity contribution < 1.29 is 27.9 Å². The minimum atomic E-state index is -0.629. The summed E-state index contributed by atoms with van der Waals surface area (Å²) in [5.41, 5.74) is 1.12. The Bertz CT molecular complexity index is 789. The topological polar surface area (TPSA) is 83.7 Å². The van der Waals surface area contributed by atoms with Crippen LogP contribution in [0.3, 0.4) is 0 Å². The van der Waals surface area contributed by atoms with Crippen LogP contribution in [0.25, 0.3) is 11.4 Å². The van der Waals surface area contributed by atoms with Gasteiger partial charge < -0.3 is 18.7 Å². The molecule has 8 heteroatoms. The number of rotatable bonds is 9. The van der Waals surface area contributed by atoms with Crippen molar-refractivity contribution in [3.05, 3.63) is 35.5 Å². The molecular weight excluding hydrogens is 367 g/mol. The van der Waals surface area contributed by atoms with Crippen molar-refractivity contribution in [2.45, 2.75) is 51.7 Å². The second-order valence-corrected chi connectivity index (χ2v) is 6.86. The van der Waals surface area contributed by atoms with Gasteiger partial charge in [-0.3, -0.25) is 0 Å². The number of ether oxygens (including phenoxy) is 3. The van der Waals surface area contributed by atoms with Gasteiger partial charge >= 0.3 is 5.97 Å². The Morgan fingerprint density at radius 1 is 1.43 bits per heavy atom. The van der Waals surface area contributed by atoms with Crippen LogP contribution in [0.5, 0.6) is 0 Å². The zero-order valence-corrected chi connectivity index (χ0v) is 16.2. The summed E-state index contributed by atoms with van der Waals surface area (Å²) in [7, 11) is 0. The largest absolute Gasteiger partial charge is 0.464 e. The first-order valence-corrected chi connectivity index (χ1v) is 9.52. The SMILES string of the molecule is Cc1ccc(-c2noc(CCCOC(=O)C(C)OCC3CCCO3)n2)cc1F. The van der Waals surface area contributed by atoms with E-state index in [1.54, 1.807) is 26.0 Å². The number of nitrogens with zero attached hydrogens (tertiary/aromatic N) is 2. The highest BCUT2D eigenvalue weighted by molar-refractivity contribution is 5.74. The van der Waals surface area contributed by atoms with Crippen LogP contribution in [0, 0.1) is 12.7 Å². The molecule has 3 rings (SSSR count). The fourth-order valence-electron chi connectivity index (χ4n) is 2.81. The van der Waals surface area contributed by atoms with Crippen molar-refractivity contribution in [1.29, 1.82) is 0 Å². The molecule has 7 nitrogen and oxygen atoms in total. The summed E-state index contributed by atoms with van der Waals surface area (Å²) < 4.78 is 35.0. The van der Waals surface area contributed by atoms with Gasteiger partial charge in [0.2, 0.25) is 11.7 Å². The molecule has 1 aromatic heterocycles. The predicted octanol–water partition coefficient (Wildman–Crippen LogP) is 3.24. The minimum Gasteiger partial charge on any atom is -0.464 e. The molecule has 2 unspecified atom stereocenters. The second-order valence-electron chi connectivity index (χ2n) is 6.86. The van der Waals surface area contributed by atoms with Crippen LogP contribution in [-0.4, -0.2) is 48.1 Å². The third kappa shape index (κ3) is 5.59. The summed E-state index contributed by atoms with van der Waals surface area (Å²) >= 11 is 0. The molecule has 2 heterocycles. The lowest BCUT2D eigenvalue weighted by Gasteiger charge is -2.15. The molecule has 0 saturated carbocycles.